The molecule has 0 unspecified atom stereocenters. The number of benzene rings is 1. The molecule has 2 aromatic rings. The van der Waals surface area contributed by atoms with Crippen molar-refractivity contribution < 1.29 is 22.4 Å². The van der Waals surface area contributed by atoms with Crippen molar-refractivity contribution >= 4 is 16.7 Å². The number of hydrogen-bond donors (Lipinski definition) is 0. The standard InChI is InChI=1S/C12H9F4NO/c1-6(18)8-5-17(2)11-4-10(13)9(3-7(8)11)12(14,15)16/h3-5H,1-2H3. The van der Waals surface area contributed by atoms with Crippen LogP contribution in [-0.4, -0.2) is 10.4 Å². The molecule has 1 aromatic carbocycles. The quantitative estimate of drug-likeness (QED) is 0.567. The van der Waals surface area contributed by atoms with Gasteiger partial charge in [-0.3, -0.25) is 4.79 Å². The van der Waals surface area contributed by atoms with Gasteiger partial charge in [0, 0.05) is 24.2 Å². The molecule has 0 saturated heterocycles. The molecule has 2 rings (SSSR count). The van der Waals surface area contributed by atoms with Crippen LogP contribution < -0.4 is 0 Å². The third-order valence-corrected chi connectivity index (χ3v) is 2.76. The summed E-state index contributed by atoms with van der Waals surface area (Å²) < 4.78 is 52.6. The first-order chi connectivity index (χ1) is 8.21. The zero-order valence-corrected chi connectivity index (χ0v) is 9.60. The Morgan fingerprint density at radius 2 is 1.89 bits per heavy atom. The van der Waals surface area contributed by atoms with E-state index in [0.717, 1.165) is 6.07 Å². The number of ketones is 1. The number of nitrogens with zero attached hydrogens (tertiary/aromatic N) is 1. The fourth-order valence-electron chi connectivity index (χ4n) is 1.90. The Labute approximate surface area is 99.8 Å². The average Bonchev–Trinajstić information content (AvgIpc) is 2.53. The van der Waals surface area contributed by atoms with Crippen LogP contribution in [0.5, 0.6) is 0 Å². The van der Waals surface area contributed by atoms with E-state index in [9.17, 15) is 22.4 Å². The van der Waals surface area contributed by atoms with E-state index in [4.69, 9.17) is 0 Å². The first kappa shape index (κ1) is 12.6. The van der Waals surface area contributed by atoms with E-state index in [1.165, 1.54) is 17.7 Å². The molecule has 0 spiro atoms. The molecule has 6 heteroatoms. The molecule has 0 amide bonds. The number of carbonyl (C=O) groups is 1. The SMILES string of the molecule is CC(=O)c1cn(C)c2cc(F)c(C(F)(F)F)cc12. The molecule has 1 aromatic heterocycles. The molecule has 0 atom stereocenters. The van der Waals surface area contributed by atoms with E-state index in [1.807, 2.05) is 0 Å². The summed E-state index contributed by atoms with van der Waals surface area (Å²) in [6, 6.07) is 1.48. The summed E-state index contributed by atoms with van der Waals surface area (Å²) in [6.45, 7) is 1.26. The van der Waals surface area contributed by atoms with E-state index < -0.39 is 17.6 Å². The fourth-order valence-corrected chi connectivity index (χ4v) is 1.90. The average molecular weight is 259 g/mol. The molecule has 0 saturated carbocycles. The molecule has 0 aliphatic rings. The molecule has 18 heavy (non-hydrogen) atoms. The van der Waals surface area contributed by atoms with Gasteiger partial charge >= 0.3 is 6.18 Å². The minimum atomic E-state index is -4.78. The summed E-state index contributed by atoms with van der Waals surface area (Å²) in [5.41, 5.74) is -0.951. The molecular weight excluding hydrogens is 250 g/mol. The van der Waals surface area contributed by atoms with Crippen LogP contribution in [0.15, 0.2) is 18.3 Å². The second-order valence-corrected chi connectivity index (χ2v) is 4.06. The molecular formula is C12H9F4NO. The highest BCUT2D eigenvalue weighted by Gasteiger charge is 2.35. The molecule has 0 aliphatic carbocycles. The first-order valence-corrected chi connectivity index (χ1v) is 5.08. The van der Waals surface area contributed by atoms with Crippen molar-refractivity contribution in [3.05, 3.63) is 35.3 Å². The summed E-state index contributed by atoms with van der Waals surface area (Å²) in [5, 5.41) is 0.110. The molecule has 0 bridgehead atoms. The number of hydrogen-bond acceptors (Lipinski definition) is 1. The molecule has 1 heterocycles. The van der Waals surface area contributed by atoms with Crippen LogP contribution in [0.4, 0.5) is 17.6 Å². The minimum Gasteiger partial charge on any atom is -0.350 e. The summed E-state index contributed by atoms with van der Waals surface area (Å²) >= 11 is 0. The zero-order chi connectivity index (χ0) is 13.7. The first-order valence-electron chi connectivity index (χ1n) is 5.08. The topological polar surface area (TPSA) is 22.0 Å². The van der Waals surface area contributed by atoms with Gasteiger partial charge in [0.15, 0.2) is 5.78 Å². The number of aryl methyl sites for hydroxylation is 1. The highest BCUT2D eigenvalue weighted by Crippen LogP contribution is 2.35. The number of Topliss-reactive ketones (excluding diaryl/α,β-unsaturated/α-hetero) is 1. The Morgan fingerprint density at radius 3 is 2.39 bits per heavy atom. The van der Waals surface area contributed by atoms with E-state index in [0.29, 0.717) is 6.07 Å². The smallest absolute Gasteiger partial charge is 0.350 e. The maximum absolute atomic E-state index is 13.4. The van der Waals surface area contributed by atoms with Crippen LogP contribution >= 0.6 is 0 Å². The normalized spacial score (nSPS) is 12.1. The van der Waals surface area contributed by atoms with Crippen molar-refractivity contribution in [3.63, 3.8) is 0 Å². The van der Waals surface area contributed by atoms with Crippen LogP contribution in [0, 0.1) is 5.82 Å². The number of halogens is 4. The van der Waals surface area contributed by atoms with Crippen LogP contribution in [0.25, 0.3) is 10.9 Å². The second-order valence-electron chi connectivity index (χ2n) is 4.06. The number of carbonyl (C=O) groups excluding carboxylic acids is 1. The van der Waals surface area contributed by atoms with Crippen molar-refractivity contribution in [2.24, 2.45) is 7.05 Å². The number of alkyl halides is 3. The third-order valence-electron chi connectivity index (χ3n) is 2.76. The third kappa shape index (κ3) is 1.87. The van der Waals surface area contributed by atoms with Gasteiger partial charge in [-0.05, 0) is 19.1 Å². The van der Waals surface area contributed by atoms with Gasteiger partial charge in [-0.1, -0.05) is 0 Å². The Balaban J connectivity index is 2.84. The minimum absolute atomic E-state index is 0.110. The van der Waals surface area contributed by atoms with Crippen molar-refractivity contribution in [2.45, 2.75) is 13.1 Å². The van der Waals surface area contributed by atoms with Crippen molar-refractivity contribution in [2.75, 3.05) is 0 Å². The number of rotatable bonds is 1. The summed E-state index contributed by atoms with van der Waals surface area (Å²) in [6.07, 6.45) is -3.38. The van der Waals surface area contributed by atoms with Gasteiger partial charge in [0.1, 0.15) is 5.82 Å². The van der Waals surface area contributed by atoms with Gasteiger partial charge < -0.3 is 4.57 Å². The Bertz CT molecular complexity index is 640. The lowest BCUT2D eigenvalue weighted by Crippen LogP contribution is -2.08. The lowest BCUT2D eigenvalue weighted by molar-refractivity contribution is -0.139. The monoisotopic (exact) mass is 259 g/mol. The van der Waals surface area contributed by atoms with E-state index >= 15 is 0 Å². The van der Waals surface area contributed by atoms with Gasteiger partial charge in [0.25, 0.3) is 0 Å². The molecule has 96 valence electrons. The van der Waals surface area contributed by atoms with Crippen LogP contribution in [0.2, 0.25) is 0 Å². The predicted octanol–water partition coefficient (Wildman–Crippen LogP) is 3.54. The van der Waals surface area contributed by atoms with Gasteiger partial charge in [-0.25, -0.2) is 4.39 Å². The summed E-state index contributed by atoms with van der Waals surface area (Å²) in [4.78, 5) is 11.3. The molecule has 0 radical (unpaired) electrons. The Hall–Kier alpha value is -1.85. The van der Waals surface area contributed by atoms with Crippen LogP contribution in [-0.2, 0) is 13.2 Å². The summed E-state index contributed by atoms with van der Waals surface area (Å²) in [5.74, 6) is -1.70. The number of fused-ring (bicyclic) bond motifs is 1. The maximum atomic E-state index is 13.4. The van der Waals surface area contributed by atoms with Gasteiger partial charge in [0.2, 0.25) is 0 Å². The van der Waals surface area contributed by atoms with Crippen molar-refractivity contribution in [1.29, 1.82) is 0 Å². The van der Waals surface area contributed by atoms with Crippen molar-refractivity contribution in [3.8, 4) is 0 Å². The van der Waals surface area contributed by atoms with Crippen LogP contribution in [0.3, 0.4) is 0 Å². The molecule has 0 fully saturated rings. The van der Waals surface area contributed by atoms with Gasteiger partial charge in [-0.2, -0.15) is 13.2 Å². The zero-order valence-electron chi connectivity index (χ0n) is 9.60. The molecule has 0 aliphatic heterocycles. The molecule has 2 nitrogen and oxygen atoms in total. The van der Waals surface area contributed by atoms with Crippen molar-refractivity contribution in [1.82, 2.24) is 4.57 Å². The molecule has 0 N–H and O–H groups in total. The second kappa shape index (κ2) is 3.83. The maximum Gasteiger partial charge on any atom is 0.419 e. The Kier molecular flexibility index (Phi) is 2.68. The van der Waals surface area contributed by atoms with Gasteiger partial charge in [0.05, 0.1) is 11.1 Å². The van der Waals surface area contributed by atoms with Gasteiger partial charge in [-0.15, -0.1) is 0 Å². The van der Waals surface area contributed by atoms with E-state index in [1.54, 1.807) is 7.05 Å². The highest BCUT2D eigenvalue weighted by molar-refractivity contribution is 6.07. The lowest BCUT2D eigenvalue weighted by atomic mass is 10.1. The number of aromatic nitrogens is 1. The largest absolute Gasteiger partial charge is 0.419 e. The van der Waals surface area contributed by atoms with E-state index in [2.05, 4.69) is 0 Å². The fraction of sp³-hybridized carbons (Fsp3) is 0.250. The summed E-state index contributed by atoms with van der Waals surface area (Å²) in [7, 11) is 1.54. The Morgan fingerprint density at radius 1 is 1.28 bits per heavy atom. The highest BCUT2D eigenvalue weighted by atomic mass is 19.4. The van der Waals surface area contributed by atoms with Crippen LogP contribution in [0.1, 0.15) is 22.8 Å². The van der Waals surface area contributed by atoms with E-state index in [-0.39, 0.29) is 22.2 Å². The lowest BCUT2D eigenvalue weighted by Gasteiger charge is -2.08. The predicted molar refractivity (Wildman–Crippen MR) is 57.9 cm³/mol.